The number of rotatable bonds is 2. The maximum atomic E-state index is 10.3. The standard InChI is InChI=1S/C7H10N2O3/c1-6-5-7(9(10)11)3-4-8(6)12-2/h3-6H,1-2H3/p+1. The minimum absolute atomic E-state index is 0.0135. The summed E-state index contributed by atoms with van der Waals surface area (Å²) < 4.78 is 0. The van der Waals surface area contributed by atoms with E-state index in [0.29, 0.717) is 0 Å². The molecule has 2 atom stereocenters. The van der Waals surface area contributed by atoms with Gasteiger partial charge in [0.25, 0.3) is 5.70 Å². The van der Waals surface area contributed by atoms with Crippen LogP contribution in [0.5, 0.6) is 0 Å². The zero-order valence-electron chi connectivity index (χ0n) is 6.98. The molecule has 5 nitrogen and oxygen atoms in total. The molecule has 1 N–H and O–H groups in total. The van der Waals surface area contributed by atoms with Gasteiger partial charge < -0.3 is 0 Å². The summed E-state index contributed by atoms with van der Waals surface area (Å²) in [5, 5.41) is 11.1. The largest absolute Gasteiger partial charge is 0.276 e. The van der Waals surface area contributed by atoms with E-state index < -0.39 is 4.92 Å². The van der Waals surface area contributed by atoms with Crippen molar-refractivity contribution in [1.82, 2.24) is 0 Å². The van der Waals surface area contributed by atoms with Crippen molar-refractivity contribution in [2.75, 3.05) is 7.11 Å². The summed E-state index contributed by atoms with van der Waals surface area (Å²) in [6.07, 6.45) is 4.64. The Labute approximate surface area is 70.0 Å². The predicted octanol–water partition coefficient (Wildman–Crippen LogP) is -0.491. The number of nitrogens with zero attached hydrogens (tertiary/aromatic N) is 1. The van der Waals surface area contributed by atoms with Crippen LogP contribution in [0, 0.1) is 10.1 Å². The van der Waals surface area contributed by atoms with E-state index in [1.54, 1.807) is 19.4 Å². The van der Waals surface area contributed by atoms with Crippen molar-refractivity contribution in [3.63, 3.8) is 0 Å². The number of nitrogens with one attached hydrogen (secondary N) is 1. The fraction of sp³-hybridized carbons (Fsp3) is 0.429. The van der Waals surface area contributed by atoms with Crippen molar-refractivity contribution in [3.8, 4) is 0 Å². The molecule has 0 saturated carbocycles. The molecule has 0 aliphatic carbocycles. The zero-order valence-corrected chi connectivity index (χ0v) is 6.98. The van der Waals surface area contributed by atoms with E-state index in [4.69, 9.17) is 4.84 Å². The summed E-state index contributed by atoms with van der Waals surface area (Å²) in [5.74, 6) is 0. The Morgan fingerprint density at radius 2 is 2.42 bits per heavy atom. The van der Waals surface area contributed by atoms with E-state index in [9.17, 15) is 10.1 Å². The molecule has 0 aromatic heterocycles. The van der Waals surface area contributed by atoms with Crippen LogP contribution in [0.2, 0.25) is 0 Å². The number of hydrogen-bond donors (Lipinski definition) is 1. The maximum Gasteiger partial charge on any atom is 0.276 e. The lowest BCUT2D eigenvalue weighted by Crippen LogP contribution is -3.10. The summed E-state index contributed by atoms with van der Waals surface area (Å²) in [5.41, 5.74) is 0.128. The van der Waals surface area contributed by atoms with Crippen LogP contribution in [-0.2, 0) is 4.84 Å². The van der Waals surface area contributed by atoms with E-state index >= 15 is 0 Å². The van der Waals surface area contributed by atoms with E-state index in [0.717, 1.165) is 5.06 Å². The minimum Gasteiger partial charge on any atom is -0.258 e. The van der Waals surface area contributed by atoms with Crippen molar-refractivity contribution in [3.05, 3.63) is 34.2 Å². The van der Waals surface area contributed by atoms with E-state index in [-0.39, 0.29) is 11.7 Å². The van der Waals surface area contributed by atoms with Crippen LogP contribution < -0.4 is 5.06 Å². The molecule has 12 heavy (non-hydrogen) atoms. The molecule has 0 radical (unpaired) electrons. The number of quaternary nitrogens is 1. The zero-order chi connectivity index (χ0) is 9.14. The van der Waals surface area contributed by atoms with Gasteiger partial charge in [-0.25, -0.2) is 4.84 Å². The van der Waals surface area contributed by atoms with Crippen LogP contribution in [-0.4, -0.2) is 18.1 Å². The predicted molar refractivity (Wildman–Crippen MR) is 41.7 cm³/mol. The number of allylic oxidation sites excluding steroid dienone is 1. The van der Waals surface area contributed by atoms with Gasteiger partial charge in [-0.15, -0.1) is 0 Å². The maximum absolute atomic E-state index is 10.3. The van der Waals surface area contributed by atoms with Gasteiger partial charge in [-0.3, -0.25) is 10.1 Å². The number of nitro groups is 1. The molecule has 5 heteroatoms. The average molecular weight is 171 g/mol. The van der Waals surface area contributed by atoms with Crippen LogP contribution in [0.15, 0.2) is 24.0 Å². The first-order valence-electron chi connectivity index (χ1n) is 3.60. The quantitative estimate of drug-likeness (QED) is 0.450. The molecular weight excluding hydrogens is 160 g/mol. The second-order valence-electron chi connectivity index (χ2n) is 2.58. The Bertz CT molecular complexity index is 247. The molecule has 0 aromatic rings. The highest BCUT2D eigenvalue weighted by Gasteiger charge is 2.23. The Balaban J connectivity index is 2.75. The van der Waals surface area contributed by atoms with Gasteiger partial charge in [0.05, 0.1) is 24.2 Å². The van der Waals surface area contributed by atoms with Crippen molar-refractivity contribution < 1.29 is 14.8 Å². The molecule has 0 aromatic carbocycles. The van der Waals surface area contributed by atoms with Crippen molar-refractivity contribution >= 4 is 0 Å². The Morgan fingerprint density at radius 3 is 2.83 bits per heavy atom. The first-order valence-corrected chi connectivity index (χ1v) is 3.60. The Hall–Kier alpha value is -1.20. The van der Waals surface area contributed by atoms with Crippen LogP contribution in [0.3, 0.4) is 0 Å². The normalized spacial score (nSPS) is 28.3. The lowest BCUT2D eigenvalue weighted by molar-refractivity contribution is -1.06. The molecule has 0 bridgehead atoms. The average Bonchev–Trinajstić information content (AvgIpc) is 2.04. The fourth-order valence-electron chi connectivity index (χ4n) is 1.09. The highest BCUT2D eigenvalue weighted by atomic mass is 16.7. The fourth-order valence-corrected chi connectivity index (χ4v) is 1.09. The van der Waals surface area contributed by atoms with Gasteiger partial charge in [0, 0.05) is 0 Å². The third-order valence-corrected chi connectivity index (χ3v) is 1.73. The van der Waals surface area contributed by atoms with Gasteiger partial charge in [0.15, 0.2) is 0 Å². The highest BCUT2D eigenvalue weighted by molar-refractivity contribution is 5.12. The van der Waals surface area contributed by atoms with E-state index in [1.807, 2.05) is 6.92 Å². The number of hydroxylamine groups is 2. The summed E-state index contributed by atoms with van der Waals surface area (Å²) >= 11 is 0. The third kappa shape index (κ3) is 1.69. The SMILES string of the molecule is CO[NH+]1C=CC([N+](=O)[O-])=CC1C. The van der Waals surface area contributed by atoms with Gasteiger partial charge in [-0.2, -0.15) is 5.06 Å². The molecule has 0 saturated heterocycles. The van der Waals surface area contributed by atoms with E-state index in [2.05, 4.69) is 0 Å². The van der Waals surface area contributed by atoms with Crippen molar-refractivity contribution in [2.24, 2.45) is 0 Å². The van der Waals surface area contributed by atoms with Crippen LogP contribution in [0.25, 0.3) is 0 Å². The van der Waals surface area contributed by atoms with Gasteiger partial charge >= 0.3 is 0 Å². The molecule has 0 fully saturated rings. The summed E-state index contributed by atoms with van der Waals surface area (Å²) in [7, 11) is 1.56. The molecule has 1 aliphatic rings. The first kappa shape index (κ1) is 8.89. The lowest BCUT2D eigenvalue weighted by atomic mass is 10.2. The van der Waals surface area contributed by atoms with Crippen LogP contribution in [0.4, 0.5) is 0 Å². The topological polar surface area (TPSA) is 56.8 Å². The molecular formula is C7H11N2O3+. The third-order valence-electron chi connectivity index (χ3n) is 1.73. The summed E-state index contributed by atoms with van der Waals surface area (Å²) in [4.78, 5) is 14.9. The summed E-state index contributed by atoms with van der Waals surface area (Å²) in [6.45, 7) is 1.85. The van der Waals surface area contributed by atoms with Gasteiger partial charge in [0.2, 0.25) is 0 Å². The Kier molecular flexibility index (Phi) is 2.57. The number of hydrogen-bond acceptors (Lipinski definition) is 3. The van der Waals surface area contributed by atoms with Gasteiger partial charge in [0.1, 0.15) is 12.2 Å². The second kappa shape index (κ2) is 3.46. The highest BCUT2D eigenvalue weighted by Crippen LogP contribution is 2.01. The molecule has 66 valence electrons. The molecule has 1 rings (SSSR count). The molecule has 2 unspecified atom stereocenters. The van der Waals surface area contributed by atoms with Crippen molar-refractivity contribution in [1.29, 1.82) is 0 Å². The van der Waals surface area contributed by atoms with Crippen LogP contribution >= 0.6 is 0 Å². The van der Waals surface area contributed by atoms with Crippen LogP contribution in [0.1, 0.15) is 6.92 Å². The molecule has 0 spiro atoms. The Morgan fingerprint density at radius 1 is 1.75 bits per heavy atom. The molecule has 1 heterocycles. The molecule has 0 amide bonds. The van der Waals surface area contributed by atoms with Gasteiger partial charge in [-0.1, -0.05) is 0 Å². The first-order chi connectivity index (χ1) is 5.65. The minimum atomic E-state index is -0.403. The second-order valence-corrected chi connectivity index (χ2v) is 2.58. The van der Waals surface area contributed by atoms with Crippen molar-refractivity contribution in [2.45, 2.75) is 13.0 Å². The van der Waals surface area contributed by atoms with E-state index in [1.165, 1.54) is 6.08 Å². The molecule has 1 aliphatic heterocycles. The smallest absolute Gasteiger partial charge is 0.258 e. The monoisotopic (exact) mass is 171 g/mol. The lowest BCUT2D eigenvalue weighted by Gasteiger charge is -2.16. The summed E-state index contributed by atoms with van der Waals surface area (Å²) in [6, 6.07) is -0.0135. The van der Waals surface area contributed by atoms with Gasteiger partial charge in [-0.05, 0) is 6.92 Å².